The van der Waals surface area contributed by atoms with Crippen molar-refractivity contribution in [1.29, 1.82) is 0 Å². The summed E-state index contributed by atoms with van der Waals surface area (Å²) in [7, 11) is 0. The Labute approximate surface area is 118 Å². The smallest absolute Gasteiger partial charge is 0.434 e. The molecule has 5 nitrogen and oxygen atoms in total. The molecule has 0 saturated carbocycles. The molecule has 20 heavy (non-hydrogen) atoms. The Bertz CT molecular complexity index is 458. The highest BCUT2D eigenvalue weighted by molar-refractivity contribution is 5.67. The van der Waals surface area contributed by atoms with Crippen LogP contribution in [0, 0.1) is 0 Å². The molecule has 0 unspecified atom stereocenters. The van der Waals surface area contributed by atoms with Gasteiger partial charge in [-0.05, 0) is 18.9 Å². The monoisotopic (exact) mass is 277 g/mol. The van der Waals surface area contributed by atoms with E-state index >= 15 is 0 Å². The average Bonchev–Trinajstić information content (AvgIpc) is 2.46. The molecule has 1 heterocycles. The highest BCUT2D eigenvalue weighted by Crippen LogP contribution is 2.16. The number of ether oxygens (including phenoxy) is 1. The lowest BCUT2D eigenvalue weighted by Crippen LogP contribution is -2.43. The summed E-state index contributed by atoms with van der Waals surface area (Å²) in [4.78, 5) is 17.3. The first-order valence-electron chi connectivity index (χ1n) is 6.64. The van der Waals surface area contributed by atoms with Gasteiger partial charge in [0.05, 0.1) is 18.8 Å². The van der Waals surface area contributed by atoms with Crippen molar-refractivity contribution in [3.05, 3.63) is 48.0 Å². The van der Waals surface area contributed by atoms with E-state index in [-0.39, 0.29) is 12.6 Å². The lowest BCUT2D eigenvalue weighted by Gasteiger charge is -2.30. The van der Waals surface area contributed by atoms with Gasteiger partial charge >= 0.3 is 6.09 Å². The third-order valence-electron chi connectivity index (χ3n) is 2.94. The summed E-state index contributed by atoms with van der Waals surface area (Å²) in [5.74, 6) is 0. The summed E-state index contributed by atoms with van der Waals surface area (Å²) in [6, 6.07) is 9.16. The first kappa shape index (κ1) is 14.6. The maximum atomic E-state index is 12.0. The molecule has 0 saturated heterocycles. The van der Waals surface area contributed by atoms with Gasteiger partial charge in [0.15, 0.2) is 0 Å². The van der Waals surface area contributed by atoms with E-state index in [0.717, 1.165) is 5.56 Å². The van der Waals surface area contributed by atoms with E-state index < -0.39 is 12.2 Å². The van der Waals surface area contributed by atoms with Crippen molar-refractivity contribution in [1.82, 2.24) is 5.06 Å². The van der Waals surface area contributed by atoms with Crippen LogP contribution in [0.5, 0.6) is 0 Å². The SMILES string of the molecule is C[C@H](O)C[C@H]1C=CCON1C(=O)OCc1ccccc1. The summed E-state index contributed by atoms with van der Waals surface area (Å²) in [6.45, 7) is 2.21. The van der Waals surface area contributed by atoms with Gasteiger partial charge in [0, 0.05) is 0 Å². The molecular weight excluding hydrogens is 258 g/mol. The summed E-state index contributed by atoms with van der Waals surface area (Å²) >= 11 is 0. The number of aliphatic hydroxyl groups is 1. The van der Waals surface area contributed by atoms with Crippen LogP contribution in [0.4, 0.5) is 4.79 Å². The minimum absolute atomic E-state index is 0.199. The van der Waals surface area contributed by atoms with E-state index in [9.17, 15) is 9.90 Å². The molecule has 1 aliphatic heterocycles. The Morgan fingerprint density at radius 3 is 2.95 bits per heavy atom. The maximum Gasteiger partial charge on any atom is 0.434 e. The van der Waals surface area contributed by atoms with Crippen LogP contribution in [-0.4, -0.2) is 35.0 Å². The fourth-order valence-electron chi connectivity index (χ4n) is 2.00. The molecule has 1 amide bonds. The molecule has 2 atom stereocenters. The molecule has 2 rings (SSSR count). The Hall–Kier alpha value is -1.85. The zero-order chi connectivity index (χ0) is 14.4. The van der Waals surface area contributed by atoms with E-state index in [1.807, 2.05) is 42.5 Å². The normalized spacial score (nSPS) is 19.7. The molecule has 1 N–H and O–H groups in total. The fraction of sp³-hybridized carbons (Fsp3) is 0.400. The van der Waals surface area contributed by atoms with Crippen molar-refractivity contribution in [3.63, 3.8) is 0 Å². The molecule has 0 aliphatic carbocycles. The Kier molecular flexibility index (Phi) is 5.15. The van der Waals surface area contributed by atoms with Gasteiger partial charge in [0.1, 0.15) is 6.61 Å². The van der Waals surface area contributed by atoms with Crippen molar-refractivity contribution in [2.24, 2.45) is 0 Å². The Morgan fingerprint density at radius 1 is 1.50 bits per heavy atom. The molecule has 0 fully saturated rings. The van der Waals surface area contributed by atoms with Crippen LogP contribution >= 0.6 is 0 Å². The third-order valence-corrected chi connectivity index (χ3v) is 2.94. The topological polar surface area (TPSA) is 59.0 Å². The maximum absolute atomic E-state index is 12.0. The highest BCUT2D eigenvalue weighted by Gasteiger charge is 2.27. The number of hydroxylamine groups is 2. The minimum Gasteiger partial charge on any atom is -0.443 e. The van der Waals surface area contributed by atoms with Gasteiger partial charge in [-0.2, -0.15) is 5.06 Å². The summed E-state index contributed by atoms with van der Waals surface area (Å²) in [6.07, 6.45) is 3.03. The molecule has 108 valence electrons. The zero-order valence-corrected chi connectivity index (χ0v) is 11.4. The van der Waals surface area contributed by atoms with Gasteiger partial charge in [0.2, 0.25) is 0 Å². The van der Waals surface area contributed by atoms with Crippen LogP contribution < -0.4 is 0 Å². The number of hydrogen-bond donors (Lipinski definition) is 1. The lowest BCUT2D eigenvalue weighted by atomic mass is 10.1. The van der Waals surface area contributed by atoms with Gasteiger partial charge < -0.3 is 9.84 Å². The number of nitrogens with zero attached hydrogens (tertiary/aromatic N) is 1. The van der Waals surface area contributed by atoms with Gasteiger partial charge in [0.25, 0.3) is 0 Å². The number of aliphatic hydroxyl groups excluding tert-OH is 1. The Morgan fingerprint density at radius 2 is 2.25 bits per heavy atom. The lowest BCUT2D eigenvalue weighted by molar-refractivity contribution is -0.155. The van der Waals surface area contributed by atoms with Crippen LogP contribution in [0.25, 0.3) is 0 Å². The molecule has 0 radical (unpaired) electrons. The first-order valence-corrected chi connectivity index (χ1v) is 6.64. The number of amides is 1. The standard InChI is InChI=1S/C15H19NO4/c1-12(17)10-14-8-5-9-20-16(14)15(18)19-11-13-6-3-2-4-7-13/h2-8,12,14,17H,9-11H2,1H3/t12-,14+/m0/s1. The van der Waals surface area contributed by atoms with Gasteiger partial charge in [-0.1, -0.05) is 42.5 Å². The average molecular weight is 277 g/mol. The summed E-state index contributed by atoms with van der Waals surface area (Å²) in [5, 5.41) is 10.6. The number of carbonyl (C=O) groups is 1. The molecule has 0 bridgehead atoms. The second-order valence-corrected chi connectivity index (χ2v) is 4.74. The Balaban J connectivity index is 1.91. The van der Waals surface area contributed by atoms with E-state index in [0.29, 0.717) is 13.0 Å². The summed E-state index contributed by atoms with van der Waals surface area (Å²) < 4.78 is 5.23. The molecule has 1 aromatic rings. The van der Waals surface area contributed by atoms with Gasteiger partial charge in [-0.3, -0.25) is 4.84 Å². The second kappa shape index (κ2) is 7.07. The third kappa shape index (κ3) is 4.08. The fourth-order valence-corrected chi connectivity index (χ4v) is 2.00. The van der Waals surface area contributed by atoms with Crippen LogP contribution in [0.2, 0.25) is 0 Å². The quantitative estimate of drug-likeness (QED) is 0.858. The molecule has 1 aromatic carbocycles. The van der Waals surface area contributed by atoms with Crippen molar-refractivity contribution in [2.45, 2.75) is 32.1 Å². The summed E-state index contributed by atoms with van der Waals surface area (Å²) in [5.41, 5.74) is 0.917. The minimum atomic E-state index is -0.538. The number of carbonyl (C=O) groups excluding carboxylic acids is 1. The zero-order valence-electron chi connectivity index (χ0n) is 11.4. The van der Waals surface area contributed by atoms with E-state index in [4.69, 9.17) is 9.57 Å². The van der Waals surface area contributed by atoms with Gasteiger partial charge in [-0.25, -0.2) is 4.79 Å². The largest absolute Gasteiger partial charge is 0.443 e. The first-order chi connectivity index (χ1) is 9.66. The van der Waals surface area contributed by atoms with Crippen LogP contribution in [0.1, 0.15) is 18.9 Å². The van der Waals surface area contributed by atoms with E-state index in [1.165, 1.54) is 5.06 Å². The molecular formula is C15H19NO4. The van der Waals surface area contributed by atoms with Gasteiger partial charge in [-0.15, -0.1) is 0 Å². The van der Waals surface area contributed by atoms with Crippen molar-refractivity contribution in [3.8, 4) is 0 Å². The number of benzene rings is 1. The predicted molar refractivity (Wildman–Crippen MR) is 73.6 cm³/mol. The van der Waals surface area contributed by atoms with Crippen molar-refractivity contribution < 1.29 is 19.5 Å². The van der Waals surface area contributed by atoms with E-state index in [2.05, 4.69) is 0 Å². The predicted octanol–water partition coefficient (Wildman–Crippen LogP) is 2.27. The molecule has 1 aliphatic rings. The number of rotatable bonds is 4. The second-order valence-electron chi connectivity index (χ2n) is 4.74. The molecule has 0 spiro atoms. The van der Waals surface area contributed by atoms with Crippen LogP contribution in [0.15, 0.2) is 42.5 Å². The van der Waals surface area contributed by atoms with E-state index in [1.54, 1.807) is 6.92 Å². The molecule has 0 aromatic heterocycles. The van der Waals surface area contributed by atoms with Crippen LogP contribution in [0.3, 0.4) is 0 Å². The van der Waals surface area contributed by atoms with Crippen molar-refractivity contribution in [2.75, 3.05) is 6.61 Å². The molecule has 5 heteroatoms. The van der Waals surface area contributed by atoms with Crippen molar-refractivity contribution >= 4 is 6.09 Å². The number of hydrogen-bond acceptors (Lipinski definition) is 4. The highest BCUT2D eigenvalue weighted by atomic mass is 16.7. The van der Waals surface area contributed by atoms with Crippen LogP contribution in [-0.2, 0) is 16.2 Å².